The topological polar surface area (TPSA) is 66.5 Å². The van der Waals surface area contributed by atoms with E-state index in [2.05, 4.69) is 11.4 Å². The van der Waals surface area contributed by atoms with Crippen molar-refractivity contribution in [1.82, 2.24) is 4.31 Å². The van der Waals surface area contributed by atoms with Crippen molar-refractivity contribution < 1.29 is 13.2 Å². The molecule has 0 atom stereocenters. The van der Waals surface area contributed by atoms with Gasteiger partial charge in [-0.1, -0.05) is 42.5 Å². The molecule has 1 N–H and O–H groups in total. The van der Waals surface area contributed by atoms with Crippen LogP contribution in [0.15, 0.2) is 53.9 Å². The Labute approximate surface area is 178 Å². The summed E-state index contributed by atoms with van der Waals surface area (Å²) in [5.74, 6) is -0.153. The minimum Gasteiger partial charge on any atom is -0.326 e. The van der Waals surface area contributed by atoms with Crippen molar-refractivity contribution in [3.8, 4) is 0 Å². The van der Waals surface area contributed by atoms with Crippen LogP contribution in [0.3, 0.4) is 0 Å². The fraction of sp³-hybridized carbons (Fsp3) is 0.375. The van der Waals surface area contributed by atoms with Crippen LogP contribution in [0.5, 0.6) is 0 Å². The first kappa shape index (κ1) is 20.8. The molecule has 0 saturated carbocycles. The monoisotopic (exact) mass is 424 g/mol. The first-order chi connectivity index (χ1) is 14.5. The predicted octanol–water partition coefficient (Wildman–Crippen LogP) is 4.22. The second kappa shape index (κ2) is 9.14. The van der Waals surface area contributed by atoms with Crippen molar-refractivity contribution >= 4 is 27.7 Å². The number of fused-ring (bicyclic) bond motifs is 1. The van der Waals surface area contributed by atoms with Gasteiger partial charge in [-0.05, 0) is 67.4 Å². The molecule has 30 heavy (non-hydrogen) atoms. The number of hydrogen-bond donors (Lipinski definition) is 1. The predicted molar refractivity (Wildman–Crippen MR) is 120 cm³/mol. The van der Waals surface area contributed by atoms with E-state index in [0.717, 1.165) is 30.5 Å². The molecule has 1 aliphatic heterocycles. The Morgan fingerprint density at radius 3 is 2.47 bits per heavy atom. The maximum absolute atomic E-state index is 12.8. The number of carbonyl (C=O) groups excluding carboxylic acids is 1. The zero-order chi connectivity index (χ0) is 21.0. The molecule has 0 bridgehead atoms. The highest BCUT2D eigenvalue weighted by Gasteiger charge is 2.30. The van der Waals surface area contributed by atoms with Gasteiger partial charge in [0.2, 0.25) is 15.9 Å². The smallest absolute Gasteiger partial charge is 0.236 e. The quantitative estimate of drug-likeness (QED) is 0.782. The van der Waals surface area contributed by atoms with Crippen molar-refractivity contribution in [3.05, 3.63) is 70.6 Å². The minimum absolute atomic E-state index is 0.00542. The van der Waals surface area contributed by atoms with E-state index in [1.807, 2.05) is 42.5 Å². The Balaban J connectivity index is 1.35. The van der Waals surface area contributed by atoms with E-state index in [-0.39, 0.29) is 11.8 Å². The van der Waals surface area contributed by atoms with Gasteiger partial charge in [0, 0.05) is 30.1 Å². The van der Waals surface area contributed by atoms with Gasteiger partial charge in [0.1, 0.15) is 0 Å². The summed E-state index contributed by atoms with van der Waals surface area (Å²) >= 11 is 0. The Hall–Kier alpha value is -2.44. The maximum atomic E-state index is 12.8. The van der Waals surface area contributed by atoms with Crippen LogP contribution in [0.1, 0.15) is 42.4 Å². The highest BCUT2D eigenvalue weighted by Crippen LogP contribution is 2.29. The van der Waals surface area contributed by atoms with Crippen molar-refractivity contribution in [2.45, 2.75) is 38.5 Å². The van der Waals surface area contributed by atoms with Crippen LogP contribution >= 0.6 is 0 Å². The average molecular weight is 425 g/mol. The molecule has 2 aromatic carbocycles. The van der Waals surface area contributed by atoms with Gasteiger partial charge < -0.3 is 5.32 Å². The molecule has 1 amide bonds. The van der Waals surface area contributed by atoms with Gasteiger partial charge in [0.15, 0.2) is 0 Å². The maximum Gasteiger partial charge on any atom is 0.236 e. The molecule has 0 unspecified atom stereocenters. The number of amides is 1. The Kier molecular flexibility index (Phi) is 6.35. The number of aryl methyl sites for hydroxylation is 1. The van der Waals surface area contributed by atoms with E-state index in [1.165, 1.54) is 27.3 Å². The molecule has 2 aromatic rings. The van der Waals surface area contributed by atoms with Gasteiger partial charge in [0.25, 0.3) is 0 Å². The van der Waals surface area contributed by atoms with Crippen molar-refractivity contribution in [2.75, 3.05) is 18.4 Å². The fourth-order valence-electron chi connectivity index (χ4n) is 4.32. The lowest BCUT2D eigenvalue weighted by atomic mass is 9.90. The van der Waals surface area contributed by atoms with Gasteiger partial charge in [-0.15, -0.1) is 0 Å². The van der Waals surface area contributed by atoms with E-state index in [9.17, 15) is 13.2 Å². The molecule has 1 heterocycles. The van der Waals surface area contributed by atoms with E-state index in [0.29, 0.717) is 25.9 Å². The van der Waals surface area contributed by atoms with Crippen molar-refractivity contribution in [3.63, 3.8) is 0 Å². The van der Waals surface area contributed by atoms with Gasteiger partial charge >= 0.3 is 0 Å². The van der Waals surface area contributed by atoms with Crippen LogP contribution < -0.4 is 5.32 Å². The van der Waals surface area contributed by atoms with Crippen LogP contribution in [0.25, 0.3) is 6.08 Å². The molecule has 0 aromatic heterocycles. The van der Waals surface area contributed by atoms with Gasteiger partial charge in [-0.3, -0.25) is 4.79 Å². The lowest BCUT2D eigenvalue weighted by Crippen LogP contribution is -2.40. The molecule has 1 aliphatic carbocycles. The molecule has 4 rings (SSSR count). The number of rotatable bonds is 5. The number of sulfonamides is 1. The molecular weight excluding hydrogens is 396 g/mol. The van der Waals surface area contributed by atoms with Crippen molar-refractivity contribution in [1.29, 1.82) is 0 Å². The molecule has 0 spiro atoms. The first-order valence-electron chi connectivity index (χ1n) is 10.7. The number of anilines is 1. The average Bonchev–Trinajstić information content (AvgIpc) is 2.79. The molecule has 6 heteroatoms. The molecule has 0 radical (unpaired) electrons. The molecule has 2 aliphatic rings. The van der Waals surface area contributed by atoms with E-state index < -0.39 is 10.0 Å². The summed E-state index contributed by atoms with van der Waals surface area (Å²) in [4.78, 5) is 12.8. The summed E-state index contributed by atoms with van der Waals surface area (Å²) in [6, 6.07) is 15.5. The lowest BCUT2D eigenvalue weighted by Gasteiger charge is -2.30. The third kappa shape index (κ3) is 4.82. The number of nitrogens with zero attached hydrogens (tertiary/aromatic N) is 1. The van der Waals surface area contributed by atoms with Crippen LogP contribution in [-0.4, -0.2) is 31.7 Å². The van der Waals surface area contributed by atoms with Crippen LogP contribution in [0.2, 0.25) is 0 Å². The molecule has 5 nitrogen and oxygen atoms in total. The Bertz CT molecular complexity index is 1020. The summed E-state index contributed by atoms with van der Waals surface area (Å²) in [5.41, 5.74) is 4.38. The van der Waals surface area contributed by atoms with Crippen molar-refractivity contribution in [2.24, 2.45) is 5.92 Å². The number of piperidine rings is 1. The van der Waals surface area contributed by atoms with Gasteiger partial charge in [-0.2, -0.15) is 4.31 Å². The number of nitrogens with one attached hydrogen (secondary N) is 1. The zero-order valence-electron chi connectivity index (χ0n) is 17.1. The van der Waals surface area contributed by atoms with Gasteiger partial charge in [-0.25, -0.2) is 8.42 Å². The highest BCUT2D eigenvalue weighted by molar-refractivity contribution is 7.92. The van der Waals surface area contributed by atoms with Crippen LogP contribution in [-0.2, 0) is 27.7 Å². The SMILES string of the molecule is O=C(Nc1cccc2c1CCCC2)C1CCN(S(=O)(=O)/C=C/c2ccccc2)CC1. The van der Waals surface area contributed by atoms with Crippen LogP contribution in [0.4, 0.5) is 5.69 Å². The fourth-order valence-corrected chi connectivity index (χ4v) is 5.54. The standard InChI is InChI=1S/C24H28N2O3S/c27-24(25-23-12-6-10-20-9-4-5-11-22(20)23)21-13-16-26(17-14-21)30(28,29)18-15-19-7-2-1-3-8-19/h1-3,6-8,10,12,15,18,21H,4-5,9,11,13-14,16-17H2,(H,25,27)/b18-15+. The Morgan fingerprint density at radius 2 is 1.70 bits per heavy atom. The zero-order valence-corrected chi connectivity index (χ0v) is 17.9. The van der Waals surface area contributed by atoms with Crippen LogP contribution in [0, 0.1) is 5.92 Å². The summed E-state index contributed by atoms with van der Waals surface area (Å²) in [6.45, 7) is 0.735. The second-order valence-corrected chi connectivity index (χ2v) is 9.89. The first-order valence-corrected chi connectivity index (χ1v) is 12.2. The lowest BCUT2D eigenvalue weighted by molar-refractivity contribution is -0.120. The van der Waals surface area contributed by atoms with Gasteiger partial charge in [0.05, 0.1) is 0 Å². The summed E-state index contributed by atoms with van der Waals surface area (Å²) in [6.07, 6.45) is 7.15. The molecule has 1 fully saturated rings. The number of carbonyl (C=O) groups is 1. The minimum atomic E-state index is -3.48. The van der Waals surface area contributed by atoms with E-state index in [1.54, 1.807) is 6.08 Å². The van der Waals surface area contributed by atoms with E-state index in [4.69, 9.17) is 0 Å². The number of hydrogen-bond acceptors (Lipinski definition) is 3. The largest absolute Gasteiger partial charge is 0.326 e. The second-order valence-electron chi connectivity index (χ2n) is 8.07. The molecule has 158 valence electrons. The normalized spacial score (nSPS) is 18.3. The Morgan fingerprint density at radius 1 is 0.967 bits per heavy atom. The summed E-state index contributed by atoms with van der Waals surface area (Å²) in [7, 11) is -3.48. The van der Waals surface area contributed by atoms with E-state index >= 15 is 0 Å². The summed E-state index contributed by atoms with van der Waals surface area (Å²) in [5, 5.41) is 4.38. The molecular formula is C24H28N2O3S. The third-order valence-corrected chi connectivity index (χ3v) is 7.64. The number of benzene rings is 2. The third-order valence-electron chi connectivity index (χ3n) is 6.07. The molecule has 1 saturated heterocycles. The highest BCUT2D eigenvalue weighted by atomic mass is 32.2. The summed E-state index contributed by atoms with van der Waals surface area (Å²) < 4.78 is 26.7.